The molecule has 1 saturated heterocycles. The Kier molecular flexibility index (Phi) is 10.1. The van der Waals surface area contributed by atoms with Crippen LogP contribution in [0.1, 0.15) is 31.4 Å². The molecule has 0 bridgehead atoms. The molecule has 0 spiro atoms. The number of nitrogens with one attached hydrogen (secondary N) is 2. The molecule has 0 atom stereocenters. The lowest BCUT2D eigenvalue weighted by molar-refractivity contribution is -0.140. The molecular weight excluding hydrogens is 609 g/mol. The molecule has 0 amide bonds. The van der Waals surface area contributed by atoms with Crippen LogP contribution in [-0.2, 0) is 21.3 Å². The van der Waals surface area contributed by atoms with Crippen molar-refractivity contribution in [2.45, 2.75) is 55.4 Å². The second kappa shape index (κ2) is 14.0. The summed E-state index contributed by atoms with van der Waals surface area (Å²) in [5.74, 6) is 5.81. The molecule has 2 aliphatic rings. The molecule has 2 fully saturated rings. The third kappa shape index (κ3) is 8.41. The highest BCUT2D eigenvalue weighted by atomic mass is 32.2. The van der Waals surface area contributed by atoms with Gasteiger partial charge in [0.15, 0.2) is 5.75 Å². The van der Waals surface area contributed by atoms with Gasteiger partial charge in [-0.05, 0) is 61.9 Å². The smallest absolute Gasteiger partial charge is 0.406 e. The average molecular weight is 645 g/mol. The number of primary sulfonamides is 1. The Balaban J connectivity index is 1.33. The number of sulfonamides is 1. The van der Waals surface area contributed by atoms with Crippen molar-refractivity contribution in [3.63, 3.8) is 0 Å². The second-order valence-electron chi connectivity index (χ2n) is 11.1. The van der Waals surface area contributed by atoms with Gasteiger partial charge in [0.2, 0.25) is 10.0 Å². The van der Waals surface area contributed by atoms with Gasteiger partial charge in [0.05, 0.1) is 41.6 Å². The predicted octanol–water partition coefficient (Wildman–Crippen LogP) is 4.63. The predicted molar refractivity (Wildman–Crippen MR) is 165 cm³/mol. The summed E-state index contributed by atoms with van der Waals surface area (Å²) >= 11 is 0. The van der Waals surface area contributed by atoms with E-state index in [2.05, 4.69) is 32.2 Å². The maximum Gasteiger partial charge on any atom is 0.406 e. The van der Waals surface area contributed by atoms with Gasteiger partial charge in [0.25, 0.3) is 0 Å². The topological polar surface area (TPSA) is 115 Å². The SMILES string of the molecule is [C-]#[N+]COc1cc(S(N)(=O)=O)ccc1NCC#Cc1cc2c(NC3CCC(N4CCOCC4)CC3)cccc2n1CC(F)(F)F. The van der Waals surface area contributed by atoms with Crippen LogP contribution in [0.3, 0.4) is 0 Å². The zero-order valence-electron chi connectivity index (χ0n) is 24.6. The minimum Gasteiger partial charge on any atom is -0.424 e. The van der Waals surface area contributed by atoms with Crippen molar-refractivity contribution in [1.29, 1.82) is 0 Å². The maximum absolute atomic E-state index is 13.7. The molecule has 14 heteroatoms. The third-order valence-corrected chi connectivity index (χ3v) is 8.96. The molecule has 1 aromatic heterocycles. The van der Waals surface area contributed by atoms with Gasteiger partial charge in [0.1, 0.15) is 6.54 Å². The Hall–Kier alpha value is -3.95. The molecule has 3 aromatic rings. The lowest BCUT2D eigenvalue weighted by atomic mass is 9.89. The molecule has 45 heavy (non-hydrogen) atoms. The van der Waals surface area contributed by atoms with Crippen LogP contribution in [-0.4, -0.2) is 75.7 Å². The maximum atomic E-state index is 13.7. The van der Waals surface area contributed by atoms with Crippen LogP contribution in [0, 0.1) is 18.4 Å². The summed E-state index contributed by atoms with van der Waals surface area (Å²) in [6.07, 6.45) is -0.397. The number of rotatable bonds is 9. The summed E-state index contributed by atoms with van der Waals surface area (Å²) in [5, 5.41) is 12.4. The molecule has 1 saturated carbocycles. The molecule has 10 nitrogen and oxygen atoms in total. The first kappa shape index (κ1) is 32.4. The first-order chi connectivity index (χ1) is 21.5. The summed E-state index contributed by atoms with van der Waals surface area (Å²) in [5.41, 5.74) is 1.78. The van der Waals surface area contributed by atoms with E-state index in [1.807, 2.05) is 6.07 Å². The molecule has 2 aromatic carbocycles. The van der Waals surface area contributed by atoms with E-state index in [1.165, 1.54) is 22.8 Å². The van der Waals surface area contributed by atoms with Crippen LogP contribution in [0.5, 0.6) is 5.75 Å². The number of morpholine rings is 1. The van der Waals surface area contributed by atoms with E-state index in [-0.39, 0.29) is 35.7 Å². The Bertz CT molecular complexity index is 1710. The number of nitrogens with zero attached hydrogens (tertiary/aromatic N) is 3. The van der Waals surface area contributed by atoms with Crippen molar-refractivity contribution < 1.29 is 31.1 Å². The van der Waals surface area contributed by atoms with E-state index < -0.39 is 22.7 Å². The highest BCUT2D eigenvalue weighted by Gasteiger charge is 2.31. The molecule has 240 valence electrons. The molecule has 4 N–H and O–H groups in total. The highest BCUT2D eigenvalue weighted by molar-refractivity contribution is 7.89. The summed E-state index contributed by atoms with van der Waals surface area (Å²) < 4.78 is 76.4. The fourth-order valence-corrected chi connectivity index (χ4v) is 6.46. The van der Waals surface area contributed by atoms with Gasteiger partial charge >= 0.3 is 12.9 Å². The van der Waals surface area contributed by atoms with Gasteiger partial charge in [0, 0.05) is 42.3 Å². The number of nitrogens with two attached hydrogens (primary N) is 1. The van der Waals surface area contributed by atoms with E-state index >= 15 is 0 Å². The number of ether oxygens (including phenoxy) is 2. The first-order valence-electron chi connectivity index (χ1n) is 14.6. The zero-order valence-corrected chi connectivity index (χ0v) is 25.4. The zero-order chi connectivity index (χ0) is 32.0. The lowest BCUT2D eigenvalue weighted by Gasteiger charge is -2.39. The van der Waals surface area contributed by atoms with Crippen molar-refractivity contribution in [2.75, 3.05) is 50.2 Å². The number of aromatic nitrogens is 1. The monoisotopic (exact) mass is 644 g/mol. The van der Waals surface area contributed by atoms with E-state index in [0.29, 0.717) is 22.6 Å². The van der Waals surface area contributed by atoms with Gasteiger partial charge in [-0.1, -0.05) is 12.0 Å². The summed E-state index contributed by atoms with van der Waals surface area (Å²) in [7, 11) is -4.00. The number of alkyl halides is 3. The van der Waals surface area contributed by atoms with Crippen LogP contribution in [0.4, 0.5) is 24.5 Å². The Labute approximate surface area is 260 Å². The van der Waals surface area contributed by atoms with Crippen molar-refractivity contribution in [3.8, 4) is 17.6 Å². The van der Waals surface area contributed by atoms with Crippen LogP contribution in [0.15, 0.2) is 47.4 Å². The standard InChI is InChI=1S/C31H35F3N6O4S/c1-36-21-44-30-19-25(45(35,41)42)11-12-28(30)37-13-3-4-24-18-26-27(5-2-6-29(26)40(24)20-31(32,33)34)38-22-7-9-23(10-8-22)39-14-16-43-17-15-39/h2,5-6,11-12,18-19,22-23,37-38H,7-10,13-17,20-21H2,(H2,35,41,42). The van der Waals surface area contributed by atoms with Crippen LogP contribution >= 0.6 is 0 Å². The van der Waals surface area contributed by atoms with E-state index in [0.717, 1.165) is 57.7 Å². The first-order valence-corrected chi connectivity index (χ1v) is 16.2. The normalized spacial score (nSPS) is 19.4. The number of hydrogen-bond acceptors (Lipinski definition) is 7. The fourth-order valence-electron chi connectivity index (χ4n) is 5.93. The van der Waals surface area contributed by atoms with E-state index in [9.17, 15) is 21.6 Å². The number of hydrogen-bond donors (Lipinski definition) is 3. The summed E-state index contributed by atoms with van der Waals surface area (Å²) in [6, 6.07) is 11.6. The third-order valence-electron chi connectivity index (χ3n) is 8.05. The average Bonchev–Trinajstić information content (AvgIpc) is 3.35. The molecule has 0 radical (unpaired) electrons. The molecular formula is C31H35F3N6O4S. The largest absolute Gasteiger partial charge is 0.424 e. The Morgan fingerprint density at radius 2 is 1.84 bits per heavy atom. The van der Waals surface area contributed by atoms with Crippen molar-refractivity contribution >= 4 is 32.3 Å². The van der Waals surface area contributed by atoms with E-state index in [4.69, 9.17) is 21.2 Å². The fraction of sp³-hybridized carbons (Fsp3) is 0.452. The molecule has 1 aliphatic carbocycles. The molecule has 1 aliphatic heterocycles. The lowest BCUT2D eigenvalue weighted by Crippen LogP contribution is -2.46. The van der Waals surface area contributed by atoms with Gasteiger partial charge in [-0.3, -0.25) is 9.74 Å². The second-order valence-corrected chi connectivity index (χ2v) is 12.6. The van der Waals surface area contributed by atoms with Crippen molar-refractivity contribution in [3.05, 3.63) is 59.6 Å². The van der Waals surface area contributed by atoms with E-state index in [1.54, 1.807) is 18.2 Å². The minimum atomic E-state index is -4.46. The Morgan fingerprint density at radius 3 is 2.53 bits per heavy atom. The molecule has 0 unspecified atom stereocenters. The quantitative estimate of drug-likeness (QED) is 0.230. The van der Waals surface area contributed by atoms with Crippen LogP contribution < -0.4 is 20.5 Å². The number of benzene rings is 2. The van der Waals surface area contributed by atoms with Gasteiger partial charge in [-0.25, -0.2) is 20.1 Å². The summed E-state index contributed by atoms with van der Waals surface area (Å²) in [4.78, 5) is 5.42. The van der Waals surface area contributed by atoms with Gasteiger partial charge in [-0.2, -0.15) is 13.2 Å². The number of anilines is 2. The minimum absolute atomic E-state index is 0.00807. The van der Waals surface area contributed by atoms with Crippen LogP contribution in [0.2, 0.25) is 0 Å². The highest BCUT2D eigenvalue weighted by Crippen LogP contribution is 2.33. The van der Waals surface area contributed by atoms with Crippen LogP contribution in [0.25, 0.3) is 15.7 Å². The summed E-state index contributed by atoms with van der Waals surface area (Å²) in [6.45, 7) is 8.86. The molecule has 2 heterocycles. The van der Waals surface area contributed by atoms with Gasteiger partial charge in [-0.15, -0.1) is 0 Å². The molecule has 5 rings (SSSR count). The number of halogens is 3. The van der Waals surface area contributed by atoms with Crippen molar-refractivity contribution in [2.24, 2.45) is 5.14 Å². The Morgan fingerprint density at radius 1 is 1.09 bits per heavy atom. The van der Waals surface area contributed by atoms with Crippen molar-refractivity contribution in [1.82, 2.24) is 9.47 Å². The number of fused-ring (bicyclic) bond motifs is 1. The van der Waals surface area contributed by atoms with Gasteiger partial charge < -0.3 is 24.7 Å².